The number of aliphatic hydroxyl groups is 1. The van der Waals surface area contributed by atoms with Gasteiger partial charge in [0, 0.05) is 16.7 Å². The molecule has 0 atom stereocenters. The standard InChI is InChI=1S/C13H18BrN3O3/c1-9-2-4-13(8-18,5-3-9)16-12-11(17(19)20)6-10(14)7-15-12/h6-7,9,18H,2-5,8H2,1H3,(H,15,16). The van der Waals surface area contributed by atoms with Crippen molar-refractivity contribution in [2.24, 2.45) is 5.92 Å². The number of aliphatic hydroxyl groups excluding tert-OH is 1. The van der Waals surface area contributed by atoms with Crippen LogP contribution in [0, 0.1) is 16.0 Å². The first-order valence-electron chi connectivity index (χ1n) is 6.65. The van der Waals surface area contributed by atoms with Gasteiger partial charge in [-0.1, -0.05) is 6.92 Å². The zero-order chi connectivity index (χ0) is 14.8. The van der Waals surface area contributed by atoms with Crippen LogP contribution in [0.4, 0.5) is 11.5 Å². The van der Waals surface area contributed by atoms with Gasteiger partial charge in [0.05, 0.1) is 17.1 Å². The highest BCUT2D eigenvalue weighted by Gasteiger charge is 2.35. The molecule has 7 heteroatoms. The Labute approximate surface area is 125 Å². The highest BCUT2D eigenvalue weighted by molar-refractivity contribution is 9.10. The van der Waals surface area contributed by atoms with Crippen molar-refractivity contribution in [3.8, 4) is 0 Å². The number of pyridine rings is 1. The Bertz CT molecular complexity index is 502. The minimum absolute atomic E-state index is 0.0470. The number of anilines is 1. The van der Waals surface area contributed by atoms with Gasteiger partial charge in [0.25, 0.3) is 0 Å². The van der Waals surface area contributed by atoms with Gasteiger partial charge in [-0.2, -0.15) is 0 Å². The van der Waals surface area contributed by atoms with Gasteiger partial charge in [0.1, 0.15) is 0 Å². The van der Waals surface area contributed by atoms with Gasteiger partial charge in [-0.25, -0.2) is 4.98 Å². The van der Waals surface area contributed by atoms with E-state index in [0.29, 0.717) is 10.4 Å². The summed E-state index contributed by atoms with van der Waals surface area (Å²) < 4.78 is 0.560. The zero-order valence-electron chi connectivity index (χ0n) is 11.3. The van der Waals surface area contributed by atoms with E-state index in [9.17, 15) is 15.2 Å². The number of aromatic nitrogens is 1. The quantitative estimate of drug-likeness (QED) is 0.647. The van der Waals surface area contributed by atoms with Crippen LogP contribution in [0.2, 0.25) is 0 Å². The fraction of sp³-hybridized carbons (Fsp3) is 0.615. The van der Waals surface area contributed by atoms with Gasteiger partial charge in [-0.3, -0.25) is 10.1 Å². The fourth-order valence-corrected chi connectivity index (χ4v) is 2.87. The zero-order valence-corrected chi connectivity index (χ0v) is 12.9. The van der Waals surface area contributed by atoms with Crippen molar-refractivity contribution in [3.63, 3.8) is 0 Å². The highest BCUT2D eigenvalue weighted by atomic mass is 79.9. The van der Waals surface area contributed by atoms with Crippen LogP contribution in [0.5, 0.6) is 0 Å². The molecule has 0 saturated heterocycles. The third-order valence-electron chi connectivity index (χ3n) is 3.95. The Kier molecular flexibility index (Phi) is 4.59. The average Bonchev–Trinajstić information content (AvgIpc) is 2.43. The predicted molar refractivity (Wildman–Crippen MR) is 79.7 cm³/mol. The van der Waals surface area contributed by atoms with Crippen LogP contribution >= 0.6 is 15.9 Å². The first-order valence-corrected chi connectivity index (χ1v) is 7.44. The maximum atomic E-state index is 11.1. The third kappa shape index (κ3) is 3.27. The van der Waals surface area contributed by atoms with E-state index in [1.807, 2.05) is 0 Å². The van der Waals surface area contributed by atoms with E-state index in [4.69, 9.17) is 0 Å². The molecule has 0 aliphatic heterocycles. The molecule has 0 radical (unpaired) electrons. The van der Waals surface area contributed by atoms with Crippen molar-refractivity contribution in [2.45, 2.75) is 38.1 Å². The average molecular weight is 344 g/mol. The van der Waals surface area contributed by atoms with E-state index in [2.05, 4.69) is 33.2 Å². The molecule has 2 N–H and O–H groups in total. The van der Waals surface area contributed by atoms with Gasteiger partial charge < -0.3 is 10.4 Å². The second-order valence-corrected chi connectivity index (χ2v) is 6.44. The molecule has 1 aliphatic carbocycles. The molecule has 0 spiro atoms. The van der Waals surface area contributed by atoms with E-state index in [-0.39, 0.29) is 18.1 Å². The summed E-state index contributed by atoms with van der Waals surface area (Å²) in [6.45, 7) is 2.14. The van der Waals surface area contributed by atoms with Crippen LogP contribution in [0.1, 0.15) is 32.6 Å². The Morgan fingerprint density at radius 1 is 1.60 bits per heavy atom. The van der Waals surface area contributed by atoms with Gasteiger partial charge in [0.15, 0.2) is 0 Å². The van der Waals surface area contributed by atoms with E-state index in [1.54, 1.807) is 0 Å². The monoisotopic (exact) mass is 343 g/mol. The van der Waals surface area contributed by atoms with E-state index in [0.717, 1.165) is 25.7 Å². The number of nitrogens with zero attached hydrogens (tertiary/aromatic N) is 2. The van der Waals surface area contributed by atoms with Gasteiger partial charge >= 0.3 is 5.69 Å². The normalized spacial score (nSPS) is 26.2. The van der Waals surface area contributed by atoms with Gasteiger partial charge in [0.2, 0.25) is 5.82 Å². The molecule has 6 nitrogen and oxygen atoms in total. The molecule has 0 bridgehead atoms. The highest BCUT2D eigenvalue weighted by Crippen LogP contribution is 2.36. The van der Waals surface area contributed by atoms with Crippen molar-refractivity contribution >= 4 is 27.4 Å². The molecule has 1 heterocycles. The smallest absolute Gasteiger partial charge is 0.312 e. The lowest BCUT2D eigenvalue weighted by Crippen LogP contribution is -2.45. The summed E-state index contributed by atoms with van der Waals surface area (Å²) in [5.74, 6) is 0.853. The van der Waals surface area contributed by atoms with Crippen LogP contribution < -0.4 is 5.32 Å². The number of nitrogens with one attached hydrogen (secondary N) is 1. The van der Waals surface area contributed by atoms with Crippen molar-refractivity contribution in [1.82, 2.24) is 4.98 Å². The Morgan fingerprint density at radius 2 is 2.25 bits per heavy atom. The number of nitro groups is 1. The van der Waals surface area contributed by atoms with Crippen LogP contribution in [-0.2, 0) is 0 Å². The number of rotatable bonds is 4. The van der Waals surface area contributed by atoms with E-state index >= 15 is 0 Å². The molecular weight excluding hydrogens is 326 g/mol. The molecule has 110 valence electrons. The molecule has 2 rings (SSSR count). The molecule has 1 aliphatic rings. The summed E-state index contributed by atoms with van der Waals surface area (Å²) in [5.41, 5.74) is -0.580. The lowest BCUT2D eigenvalue weighted by molar-refractivity contribution is -0.384. The van der Waals surface area contributed by atoms with Crippen LogP contribution in [-0.4, -0.2) is 27.2 Å². The molecule has 1 aromatic rings. The molecule has 20 heavy (non-hydrogen) atoms. The van der Waals surface area contributed by atoms with Crippen molar-refractivity contribution < 1.29 is 10.0 Å². The van der Waals surface area contributed by atoms with Gasteiger partial charge in [-0.15, -0.1) is 0 Å². The van der Waals surface area contributed by atoms with Crippen molar-refractivity contribution in [1.29, 1.82) is 0 Å². The Balaban J connectivity index is 2.26. The van der Waals surface area contributed by atoms with Crippen LogP contribution in [0.25, 0.3) is 0 Å². The molecule has 1 aromatic heterocycles. The number of hydrogen-bond donors (Lipinski definition) is 2. The summed E-state index contributed by atoms with van der Waals surface area (Å²) in [4.78, 5) is 14.7. The van der Waals surface area contributed by atoms with Crippen molar-refractivity contribution in [3.05, 3.63) is 26.9 Å². The maximum absolute atomic E-state index is 11.1. The number of halogens is 1. The topological polar surface area (TPSA) is 88.3 Å². The minimum atomic E-state index is -0.502. The number of hydrogen-bond acceptors (Lipinski definition) is 5. The van der Waals surface area contributed by atoms with E-state index < -0.39 is 10.5 Å². The summed E-state index contributed by atoms with van der Waals surface area (Å²) in [6.07, 6.45) is 5.10. The molecule has 1 saturated carbocycles. The summed E-state index contributed by atoms with van der Waals surface area (Å²) in [6, 6.07) is 1.42. The molecule has 0 amide bonds. The van der Waals surface area contributed by atoms with Crippen molar-refractivity contribution in [2.75, 3.05) is 11.9 Å². The first kappa shape index (κ1) is 15.2. The fourth-order valence-electron chi connectivity index (χ4n) is 2.55. The summed E-state index contributed by atoms with van der Waals surface area (Å²) in [5, 5.41) is 23.9. The van der Waals surface area contributed by atoms with Gasteiger partial charge in [-0.05, 0) is 47.5 Å². The van der Waals surface area contributed by atoms with E-state index in [1.165, 1.54) is 12.3 Å². The van der Waals surface area contributed by atoms with Crippen LogP contribution in [0.15, 0.2) is 16.7 Å². The molecule has 0 unspecified atom stereocenters. The summed E-state index contributed by atoms with van der Waals surface area (Å²) in [7, 11) is 0. The minimum Gasteiger partial charge on any atom is -0.394 e. The predicted octanol–water partition coefficient (Wildman–Crippen LogP) is 3.11. The second-order valence-electron chi connectivity index (χ2n) is 5.52. The largest absolute Gasteiger partial charge is 0.394 e. The Morgan fingerprint density at radius 3 is 2.80 bits per heavy atom. The SMILES string of the molecule is CC1CCC(CO)(Nc2ncc(Br)cc2[N+](=O)[O-])CC1. The maximum Gasteiger partial charge on any atom is 0.312 e. The molecular formula is C13H18BrN3O3. The summed E-state index contributed by atoms with van der Waals surface area (Å²) >= 11 is 3.18. The molecule has 0 aromatic carbocycles. The second kappa shape index (κ2) is 6.05. The first-order chi connectivity index (χ1) is 9.46. The van der Waals surface area contributed by atoms with Crippen LogP contribution in [0.3, 0.4) is 0 Å². The lowest BCUT2D eigenvalue weighted by atomic mass is 9.77. The third-order valence-corrected chi connectivity index (χ3v) is 4.38. The Hall–Kier alpha value is -1.21. The molecule has 1 fully saturated rings. The lowest BCUT2D eigenvalue weighted by Gasteiger charge is -2.38.